The molecule has 0 saturated carbocycles. The van der Waals surface area contributed by atoms with Crippen molar-refractivity contribution in [3.05, 3.63) is 59.2 Å². The van der Waals surface area contributed by atoms with E-state index < -0.39 is 40.8 Å². The van der Waals surface area contributed by atoms with Gasteiger partial charge in [-0.2, -0.15) is 4.39 Å². The minimum atomic E-state index is -1.92. The van der Waals surface area contributed by atoms with Crippen LogP contribution in [0.5, 0.6) is 0 Å². The maximum absolute atomic E-state index is 13.1. The highest BCUT2D eigenvalue weighted by Gasteiger charge is 2.36. The van der Waals surface area contributed by atoms with Crippen molar-refractivity contribution < 1.29 is 27.2 Å². The summed E-state index contributed by atoms with van der Waals surface area (Å²) in [4.78, 5) is 23.2. The van der Waals surface area contributed by atoms with E-state index in [0.717, 1.165) is 24.3 Å². The van der Waals surface area contributed by atoms with Crippen molar-refractivity contribution in [1.29, 1.82) is 0 Å². The van der Waals surface area contributed by atoms with Gasteiger partial charge in [0, 0.05) is 5.56 Å². The number of ketones is 2. The molecule has 1 aromatic carbocycles. The summed E-state index contributed by atoms with van der Waals surface area (Å²) in [6, 6.07) is 4.08. The third-order valence-electron chi connectivity index (χ3n) is 2.63. The maximum Gasteiger partial charge on any atom is 0.209 e. The Labute approximate surface area is 105 Å². The van der Waals surface area contributed by atoms with Crippen LogP contribution >= 0.6 is 0 Å². The van der Waals surface area contributed by atoms with Crippen LogP contribution in [0.25, 0.3) is 0 Å². The van der Waals surface area contributed by atoms with Gasteiger partial charge in [-0.3, -0.25) is 9.59 Å². The van der Waals surface area contributed by atoms with Crippen molar-refractivity contribution in [3.63, 3.8) is 0 Å². The van der Waals surface area contributed by atoms with E-state index in [-0.39, 0.29) is 5.56 Å². The molecule has 98 valence electrons. The van der Waals surface area contributed by atoms with Crippen molar-refractivity contribution in [3.8, 4) is 0 Å². The zero-order chi connectivity index (χ0) is 14.2. The zero-order valence-electron chi connectivity index (χ0n) is 9.29. The van der Waals surface area contributed by atoms with Crippen LogP contribution in [-0.2, 0) is 4.79 Å². The molecule has 0 amide bonds. The molecule has 0 N–H and O–H groups in total. The lowest BCUT2D eigenvalue weighted by Gasteiger charge is -2.14. The van der Waals surface area contributed by atoms with E-state index in [1.807, 2.05) is 0 Å². The number of carbonyl (C=O) groups is 2. The SMILES string of the molecule is O=C1C(F)=C(F)C(F)=CC1C(=O)c1ccc(F)cc1. The number of allylic oxidation sites excluding steroid dienone is 4. The third kappa shape index (κ3) is 2.33. The summed E-state index contributed by atoms with van der Waals surface area (Å²) in [5.41, 5.74) is -0.0982. The predicted octanol–water partition coefficient (Wildman–Crippen LogP) is 3.21. The van der Waals surface area contributed by atoms with Gasteiger partial charge >= 0.3 is 0 Å². The third-order valence-corrected chi connectivity index (χ3v) is 2.63. The van der Waals surface area contributed by atoms with Crippen LogP contribution in [0.4, 0.5) is 17.6 Å². The Morgan fingerprint density at radius 3 is 2.11 bits per heavy atom. The molecule has 1 aromatic rings. The second kappa shape index (κ2) is 4.79. The van der Waals surface area contributed by atoms with Gasteiger partial charge in [0.25, 0.3) is 0 Å². The lowest BCUT2D eigenvalue weighted by molar-refractivity contribution is -0.118. The Kier molecular flexibility index (Phi) is 3.33. The summed E-state index contributed by atoms with van der Waals surface area (Å²) >= 11 is 0. The molecule has 2 nitrogen and oxygen atoms in total. The first-order valence-electron chi connectivity index (χ1n) is 5.18. The number of benzene rings is 1. The number of hydrogen-bond acceptors (Lipinski definition) is 2. The van der Waals surface area contributed by atoms with Gasteiger partial charge in [-0.25, -0.2) is 13.2 Å². The van der Waals surface area contributed by atoms with Crippen LogP contribution in [0.2, 0.25) is 0 Å². The summed E-state index contributed by atoms with van der Waals surface area (Å²) < 4.78 is 51.6. The zero-order valence-corrected chi connectivity index (χ0v) is 9.29. The quantitative estimate of drug-likeness (QED) is 0.470. The first-order valence-corrected chi connectivity index (χ1v) is 5.18. The van der Waals surface area contributed by atoms with E-state index >= 15 is 0 Å². The van der Waals surface area contributed by atoms with Gasteiger partial charge < -0.3 is 0 Å². The Morgan fingerprint density at radius 2 is 1.53 bits per heavy atom. The summed E-state index contributed by atoms with van der Waals surface area (Å²) in [7, 11) is 0. The molecular formula is C13H6F4O2. The molecule has 0 aliphatic heterocycles. The lowest BCUT2D eigenvalue weighted by atomic mass is 9.89. The molecule has 0 bridgehead atoms. The summed E-state index contributed by atoms with van der Waals surface area (Å²) in [5.74, 6) is -10.2. The fourth-order valence-electron chi connectivity index (χ4n) is 1.63. The van der Waals surface area contributed by atoms with Gasteiger partial charge in [0.1, 0.15) is 11.7 Å². The van der Waals surface area contributed by atoms with Crippen molar-refractivity contribution in [1.82, 2.24) is 0 Å². The normalized spacial score (nSPS) is 19.5. The van der Waals surface area contributed by atoms with Gasteiger partial charge in [-0.15, -0.1) is 0 Å². The Bertz CT molecular complexity index is 614. The standard InChI is InChI=1S/C13H6F4O2/c14-7-3-1-6(2-4-7)12(18)8-5-9(15)10(16)11(17)13(8)19/h1-5,8H. The van der Waals surface area contributed by atoms with Crippen LogP contribution in [0.3, 0.4) is 0 Å². The molecule has 0 radical (unpaired) electrons. The molecule has 1 aliphatic carbocycles. The minimum Gasteiger partial charge on any atom is -0.293 e. The van der Waals surface area contributed by atoms with Gasteiger partial charge in [-0.05, 0) is 30.3 Å². The van der Waals surface area contributed by atoms with Gasteiger partial charge in [-0.1, -0.05) is 0 Å². The van der Waals surface area contributed by atoms with Crippen molar-refractivity contribution in [2.24, 2.45) is 5.92 Å². The Hall–Kier alpha value is -2.24. The predicted molar refractivity (Wildman–Crippen MR) is 57.7 cm³/mol. The van der Waals surface area contributed by atoms with E-state index in [2.05, 4.69) is 0 Å². The topological polar surface area (TPSA) is 34.1 Å². The van der Waals surface area contributed by atoms with E-state index in [1.54, 1.807) is 0 Å². The fraction of sp³-hybridized carbons (Fsp3) is 0.0769. The van der Waals surface area contributed by atoms with Gasteiger partial charge in [0.2, 0.25) is 11.6 Å². The Balaban J connectivity index is 2.36. The number of carbonyl (C=O) groups excluding carboxylic acids is 2. The van der Waals surface area contributed by atoms with Crippen LogP contribution < -0.4 is 0 Å². The number of Topliss-reactive ketones (excluding diaryl/α,β-unsaturated/α-hetero) is 2. The lowest BCUT2D eigenvalue weighted by Crippen LogP contribution is -2.26. The number of halogens is 4. The molecular weight excluding hydrogens is 264 g/mol. The number of hydrogen-bond donors (Lipinski definition) is 0. The summed E-state index contributed by atoms with van der Waals surface area (Å²) in [5, 5.41) is 0. The summed E-state index contributed by atoms with van der Waals surface area (Å²) in [6.07, 6.45) is 0.409. The van der Waals surface area contributed by atoms with Gasteiger partial charge in [0.15, 0.2) is 17.4 Å². The first kappa shape index (κ1) is 13.2. The molecule has 6 heteroatoms. The number of rotatable bonds is 2. The van der Waals surface area contributed by atoms with E-state index in [9.17, 15) is 27.2 Å². The molecule has 2 rings (SSSR count). The average molecular weight is 270 g/mol. The van der Waals surface area contributed by atoms with Crippen LogP contribution in [0.1, 0.15) is 10.4 Å². The molecule has 0 spiro atoms. The molecule has 0 aromatic heterocycles. The van der Waals surface area contributed by atoms with Crippen molar-refractivity contribution in [2.75, 3.05) is 0 Å². The van der Waals surface area contributed by atoms with Gasteiger partial charge in [0.05, 0.1) is 0 Å². The van der Waals surface area contributed by atoms with E-state index in [4.69, 9.17) is 0 Å². The highest BCUT2D eigenvalue weighted by molar-refractivity contribution is 6.17. The average Bonchev–Trinajstić information content (AvgIpc) is 2.40. The minimum absolute atomic E-state index is 0.0982. The molecule has 19 heavy (non-hydrogen) atoms. The highest BCUT2D eigenvalue weighted by Crippen LogP contribution is 2.30. The maximum atomic E-state index is 13.1. The Morgan fingerprint density at radius 1 is 0.947 bits per heavy atom. The smallest absolute Gasteiger partial charge is 0.209 e. The van der Waals surface area contributed by atoms with Crippen LogP contribution in [-0.4, -0.2) is 11.6 Å². The largest absolute Gasteiger partial charge is 0.293 e. The van der Waals surface area contributed by atoms with Crippen LogP contribution in [0.15, 0.2) is 47.8 Å². The van der Waals surface area contributed by atoms with Crippen molar-refractivity contribution >= 4 is 11.6 Å². The van der Waals surface area contributed by atoms with E-state index in [1.165, 1.54) is 0 Å². The first-order chi connectivity index (χ1) is 8.91. The monoisotopic (exact) mass is 270 g/mol. The molecule has 1 atom stereocenters. The second-order valence-electron chi connectivity index (χ2n) is 3.86. The highest BCUT2D eigenvalue weighted by atomic mass is 19.2. The molecule has 1 aliphatic rings. The second-order valence-corrected chi connectivity index (χ2v) is 3.86. The van der Waals surface area contributed by atoms with E-state index in [0.29, 0.717) is 6.08 Å². The fourth-order valence-corrected chi connectivity index (χ4v) is 1.63. The van der Waals surface area contributed by atoms with Crippen molar-refractivity contribution in [2.45, 2.75) is 0 Å². The van der Waals surface area contributed by atoms with Crippen LogP contribution in [0, 0.1) is 11.7 Å². The molecule has 1 unspecified atom stereocenters. The summed E-state index contributed by atoms with van der Waals surface area (Å²) in [6.45, 7) is 0. The molecule has 0 saturated heterocycles. The molecule has 0 fully saturated rings. The molecule has 0 heterocycles.